The first kappa shape index (κ1) is 15.1. The van der Waals surface area contributed by atoms with Gasteiger partial charge in [0.25, 0.3) is 0 Å². The van der Waals surface area contributed by atoms with Gasteiger partial charge in [0.2, 0.25) is 0 Å². The van der Waals surface area contributed by atoms with Gasteiger partial charge in [-0.3, -0.25) is 4.79 Å². The largest absolute Gasteiger partial charge is 0.497 e. The number of ether oxygens (including phenoxy) is 1. The zero-order valence-corrected chi connectivity index (χ0v) is 12.0. The summed E-state index contributed by atoms with van der Waals surface area (Å²) in [6.07, 6.45) is 0.786. The number of methoxy groups -OCH3 is 1. The average molecular weight is 285 g/mol. The molecule has 1 unspecified atom stereocenters. The molecule has 110 valence electrons. The Kier molecular flexibility index (Phi) is 5.35. The van der Waals surface area contributed by atoms with Crippen molar-refractivity contribution in [1.82, 2.24) is 5.32 Å². The number of carbonyl (C=O) groups is 1. The van der Waals surface area contributed by atoms with E-state index in [-0.39, 0.29) is 0 Å². The number of benzene rings is 2. The van der Waals surface area contributed by atoms with Gasteiger partial charge in [0.15, 0.2) is 0 Å². The summed E-state index contributed by atoms with van der Waals surface area (Å²) < 4.78 is 5.14. The lowest BCUT2D eigenvalue weighted by molar-refractivity contribution is -0.139. The highest BCUT2D eigenvalue weighted by molar-refractivity contribution is 5.75. The summed E-state index contributed by atoms with van der Waals surface area (Å²) in [4.78, 5) is 11.4. The third kappa shape index (κ3) is 4.33. The molecule has 21 heavy (non-hydrogen) atoms. The van der Waals surface area contributed by atoms with E-state index in [1.54, 1.807) is 31.4 Å². The molecule has 4 nitrogen and oxygen atoms in total. The van der Waals surface area contributed by atoms with Gasteiger partial charge in [-0.1, -0.05) is 42.5 Å². The van der Waals surface area contributed by atoms with Crippen LogP contribution in [0.3, 0.4) is 0 Å². The third-order valence-electron chi connectivity index (χ3n) is 3.28. The molecule has 0 aromatic heterocycles. The fourth-order valence-electron chi connectivity index (χ4n) is 2.17. The fourth-order valence-corrected chi connectivity index (χ4v) is 2.17. The SMILES string of the molecule is COc1cccc(C(NCCc2ccccc2)C(=O)O)c1. The van der Waals surface area contributed by atoms with E-state index in [0.29, 0.717) is 17.9 Å². The number of hydrogen-bond donors (Lipinski definition) is 2. The van der Waals surface area contributed by atoms with Crippen LogP contribution in [-0.2, 0) is 11.2 Å². The molecule has 0 bridgehead atoms. The van der Waals surface area contributed by atoms with E-state index in [4.69, 9.17) is 4.74 Å². The Hall–Kier alpha value is -2.33. The lowest BCUT2D eigenvalue weighted by Crippen LogP contribution is -2.30. The molecule has 0 aliphatic heterocycles. The topological polar surface area (TPSA) is 58.6 Å². The van der Waals surface area contributed by atoms with E-state index in [2.05, 4.69) is 5.32 Å². The highest BCUT2D eigenvalue weighted by Gasteiger charge is 2.19. The van der Waals surface area contributed by atoms with Gasteiger partial charge in [-0.25, -0.2) is 0 Å². The van der Waals surface area contributed by atoms with Crippen molar-refractivity contribution in [1.29, 1.82) is 0 Å². The first-order valence-electron chi connectivity index (χ1n) is 6.85. The molecule has 0 heterocycles. The summed E-state index contributed by atoms with van der Waals surface area (Å²) in [6, 6.07) is 16.4. The lowest BCUT2D eigenvalue weighted by Gasteiger charge is -2.15. The normalized spacial score (nSPS) is 11.9. The molecule has 4 heteroatoms. The smallest absolute Gasteiger partial charge is 0.325 e. The van der Waals surface area contributed by atoms with Gasteiger partial charge >= 0.3 is 5.97 Å². The van der Waals surface area contributed by atoms with Crippen molar-refractivity contribution in [3.05, 3.63) is 65.7 Å². The number of nitrogens with one attached hydrogen (secondary N) is 1. The van der Waals surface area contributed by atoms with Crippen molar-refractivity contribution in [2.24, 2.45) is 0 Å². The Balaban J connectivity index is 2.00. The van der Waals surface area contributed by atoms with Crippen LogP contribution in [0.25, 0.3) is 0 Å². The Bertz CT molecular complexity index is 584. The van der Waals surface area contributed by atoms with Crippen molar-refractivity contribution < 1.29 is 14.6 Å². The maximum absolute atomic E-state index is 11.4. The Labute approximate surface area is 124 Å². The second kappa shape index (κ2) is 7.45. The van der Waals surface area contributed by atoms with Crippen LogP contribution in [-0.4, -0.2) is 24.7 Å². The number of hydrogen-bond acceptors (Lipinski definition) is 3. The van der Waals surface area contributed by atoms with Crippen LogP contribution in [0.2, 0.25) is 0 Å². The van der Waals surface area contributed by atoms with Crippen molar-refractivity contribution >= 4 is 5.97 Å². The zero-order chi connectivity index (χ0) is 15.1. The minimum Gasteiger partial charge on any atom is -0.497 e. The summed E-state index contributed by atoms with van der Waals surface area (Å²) in [5.41, 5.74) is 1.87. The van der Waals surface area contributed by atoms with E-state index in [1.807, 2.05) is 30.3 Å². The highest BCUT2D eigenvalue weighted by atomic mass is 16.5. The monoisotopic (exact) mass is 285 g/mol. The molecule has 0 aliphatic rings. The summed E-state index contributed by atoms with van der Waals surface area (Å²) >= 11 is 0. The summed E-state index contributed by atoms with van der Waals surface area (Å²) in [5, 5.41) is 12.5. The van der Waals surface area contributed by atoms with Crippen molar-refractivity contribution in [2.45, 2.75) is 12.5 Å². The summed E-state index contributed by atoms with van der Waals surface area (Å²) in [6.45, 7) is 0.595. The molecule has 0 spiro atoms. The third-order valence-corrected chi connectivity index (χ3v) is 3.28. The number of rotatable bonds is 7. The molecule has 2 aromatic rings. The maximum atomic E-state index is 11.4. The van der Waals surface area contributed by atoms with Gasteiger partial charge in [-0.15, -0.1) is 0 Å². The Morgan fingerprint density at radius 3 is 2.62 bits per heavy atom. The molecule has 2 rings (SSSR count). The summed E-state index contributed by atoms with van der Waals surface area (Å²) in [5.74, 6) is -0.236. The van der Waals surface area contributed by atoms with Gasteiger partial charge in [0.1, 0.15) is 11.8 Å². The lowest BCUT2D eigenvalue weighted by atomic mass is 10.1. The Morgan fingerprint density at radius 1 is 1.19 bits per heavy atom. The number of carboxylic acid groups (broad SMARTS) is 1. The first-order valence-corrected chi connectivity index (χ1v) is 6.85. The molecule has 1 atom stereocenters. The predicted octanol–water partition coefficient (Wildman–Crippen LogP) is 2.65. The van der Waals surface area contributed by atoms with Gasteiger partial charge in [-0.05, 0) is 29.7 Å². The van der Waals surface area contributed by atoms with Gasteiger partial charge in [0, 0.05) is 6.54 Å². The van der Waals surface area contributed by atoms with Crippen LogP contribution in [0, 0.1) is 0 Å². The fraction of sp³-hybridized carbons (Fsp3) is 0.235. The second-order valence-corrected chi connectivity index (χ2v) is 4.74. The number of aliphatic carboxylic acids is 1. The van der Waals surface area contributed by atoms with Crippen molar-refractivity contribution in [2.75, 3.05) is 13.7 Å². The molecular weight excluding hydrogens is 266 g/mol. The van der Waals surface area contributed by atoms with Gasteiger partial charge in [-0.2, -0.15) is 0 Å². The van der Waals surface area contributed by atoms with Crippen LogP contribution in [0.15, 0.2) is 54.6 Å². The second-order valence-electron chi connectivity index (χ2n) is 4.74. The zero-order valence-electron chi connectivity index (χ0n) is 12.0. The molecule has 2 aromatic carbocycles. The van der Waals surface area contributed by atoms with Crippen LogP contribution >= 0.6 is 0 Å². The van der Waals surface area contributed by atoms with Crippen LogP contribution in [0.4, 0.5) is 0 Å². The standard InChI is InChI=1S/C17H19NO3/c1-21-15-9-5-8-14(12-15)16(17(19)20)18-11-10-13-6-3-2-4-7-13/h2-9,12,16,18H,10-11H2,1H3,(H,19,20). The average Bonchev–Trinajstić information content (AvgIpc) is 2.52. The molecule has 0 amide bonds. The molecule has 0 saturated heterocycles. The minimum atomic E-state index is -0.892. The molecule has 0 fully saturated rings. The van der Waals surface area contributed by atoms with Crippen molar-refractivity contribution in [3.63, 3.8) is 0 Å². The predicted molar refractivity (Wildman–Crippen MR) is 81.5 cm³/mol. The van der Waals surface area contributed by atoms with Crippen LogP contribution < -0.4 is 10.1 Å². The maximum Gasteiger partial charge on any atom is 0.325 e. The summed E-state index contributed by atoms with van der Waals surface area (Å²) in [7, 11) is 1.57. The van der Waals surface area contributed by atoms with E-state index in [9.17, 15) is 9.90 Å². The molecule has 2 N–H and O–H groups in total. The van der Waals surface area contributed by atoms with E-state index in [0.717, 1.165) is 6.42 Å². The van der Waals surface area contributed by atoms with E-state index < -0.39 is 12.0 Å². The highest BCUT2D eigenvalue weighted by Crippen LogP contribution is 2.19. The van der Waals surface area contributed by atoms with Crippen LogP contribution in [0.5, 0.6) is 5.75 Å². The quantitative estimate of drug-likeness (QED) is 0.821. The van der Waals surface area contributed by atoms with Crippen molar-refractivity contribution in [3.8, 4) is 5.75 Å². The van der Waals surface area contributed by atoms with Crippen LogP contribution in [0.1, 0.15) is 17.2 Å². The van der Waals surface area contributed by atoms with E-state index >= 15 is 0 Å². The first-order chi connectivity index (χ1) is 10.2. The molecular formula is C17H19NO3. The Morgan fingerprint density at radius 2 is 1.95 bits per heavy atom. The van der Waals surface area contributed by atoms with Gasteiger partial charge < -0.3 is 15.2 Å². The van der Waals surface area contributed by atoms with E-state index in [1.165, 1.54) is 5.56 Å². The number of carboxylic acids is 1. The molecule has 0 radical (unpaired) electrons. The minimum absolute atomic E-state index is 0.595. The molecule has 0 aliphatic carbocycles. The van der Waals surface area contributed by atoms with Gasteiger partial charge in [0.05, 0.1) is 7.11 Å². The molecule has 0 saturated carbocycles.